The summed E-state index contributed by atoms with van der Waals surface area (Å²) in [6, 6.07) is 4.86. The van der Waals surface area contributed by atoms with E-state index in [0.717, 1.165) is 19.3 Å². The highest BCUT2D eigenvalue weighted by Gasteiger charge is 2.41. The first-order chi connectivity index (χ1) is 10.2. The van der Waals surface area contributed by atoms with E-state index in [9.17, 15) is 9.32 Å². The van der Waals surface area contributed by atoms with E-state index < -0.39 is 27.4 Å². The normalized spacial score (nSPS) is 21.3. The molecule has 1 aromatic heterocycles. The fourth-order valence-electron chi connectivity index (χ4n) is 2.77. The molecule has 0 saturated heterocycles. The minimum atomic E-state index is -1.30. The summed E-state index contributed by atoms with van der Waals surface area (Å²) >= 11 is 6.00. The number of halogens is 1. The van der Waals surface area contributed by atoms with Gasteiger partial charge < -0.3 is 5.11 Å². The van der Waals surface area contributed by atoms with Crippen molar-refractivity contribution in [2.24, 2.45) is 0 Å². The van der Waals surface area contributed by atoms with Crippen LogP contribution in [-0.4, -0.2) is 24.6 Å². The van der Waals surface area contributed by atoms with Gasteiger partial charge in [0.2, 0.25) is 0 Å². The Labute approximate surface area is 140 Å². The molecule has 0 spiro atoms. The summed E-state index contributed by atoms with van der Waals surface area (Å²) in [6.07, 6.45) is 4.43. The zero-order valence-corrected chi connectivity index (χ0v) is 15.0. The first-order valence-electron chi connectivity index (χ1n) is 7.75. The molecule has 2 rings (SSSR count). The molecule has 0 radical (unpaired) electrons. The predicted molar refractivity (Wildman–Crippen MR) is 91.1 cm³/mol. The Morgan fingerprint density at radius 2 is 1.95 bits per heavy atom. The molecule has 1 saturated carbocycles. The van der Waals surface area contributed by atoms with Crippen molar-refractivity contribution in [3.63, 3.8) is 0 Å². The lowest BCUT2D eigenvalue weighted by molar-refractivity contribution is -0.0260. The van der Waals surface area contributed by atoms with Crippen molar-refractivity contribution in [3.05, 3.63) is 29.0 Å². The van der Waals surface area contributed by atoms with Crippen LogP contribution >= 0.6 is 11.6 Å². The molecule has 22 heavy (non-hydrogen) atoms. The maximum atomic E-state index is 12.5. The van der Waals surface area contributed by atoms with Crippen molar-refractivity contribution >= 4 is 22.6 Å². The first-order valence-corrected chi connectivity index (χ1v) is 9.28. The van der Waals surface area contributed by atoms with E-state index in [1.165, 1.54) is 0 Å². The van der Waals surface area contributed by atoms with Gasteiger partial charge >= 0.3 is 0 Å². The summed E-state index contributed by atoms with van der Waals surface area (Å²) in [5.74, 6) is 0. The molecule has 0 aliphatic heterocycles. The molecule has 1 aliphatic rings. The number of hydrogen-bond acceptors (Lipinski definition) is 3. The SMILES string of the molecule is CC(C)(C)S(=O)N[C@@H](c1cccc(Cl)n1)C1(O)CCCCC1. The predicted octanol–water partition coefficient (Wildman–Crippen LogP) is 3.52. The zero-order valence-electron chi connectivity index (χ0n) is 13.4. The highest BCUT2D eigenvalue weighted by molar-refractivity contribution is 7.84. The summed E-state index contributed by atoms with van der Waals surface area (Å²) < 4.78 is 15.2. The van der Waals surface area contributed by atoms with Crippen molar-refractivity contribution in [2.45, 2.75) is 69.3 Å². The topological polar surface area (TPSA) is 62.2 Å². The van der Waals surface area contributed by atoms with Gasteiger partial charge in [-0.25, -0.2) is 13.9 Å². The number of aliphatic hydroxyl groups is 1. The highest BCUT2D eigenvalue weighted by Crippen LogP contribution is 2.38. The summed E-state index contributed by atoms with van der Waals surface area (Å²) in [5.41, 5.74) is -0.286. The monoisotopic (exact) mass is 344 g/mol. The molecule has 6 heteroatoms. The summed E-state index contributed by atoms with van der Waals surface area (Å²) in [6.45, 7) is 5.72. The Morgan fingerprint density at radius 3 is 2.50 bits per heavy atom. The Hall–Kier alpha value is -0.490. The van der Waals surface area contributed by atoms with Crippen LogP contribution in [0.25, 0.3) is 0 Å². The number of hydrogen-bond donors (Lipinski definition) is 2. The third-order valence-electron chi connectivity index (χ3n) is 4.07. The van der Waals surface area contributed by atoms with Crippen LogP contribution in [0.15, 0.2) is 18.2 Å². The van der Waals surface area contributed by atoms with Crippen LogP contribution in [0.2, 0.25) is 5.15 Å². The minimum Gasteiger partial charge on any atom is -0.388 e. The quantitative estimate of drug-likeness (QED) is 0.821. The van der Waals surface area contributed by atoms with Crippen LogP contribution in [0.3, 0.4) is 0 Å². The molecule has 1 unspecified atom stereocenters. The largest absolute Gasteiger partial charge is 0.388 e. The van der Waals surface area contributed by atoms with Crippen LogP contribution < -0.4 is 4.72 Å². The minimum absolute atomic E-state index is 0.380. The van der Waals surface area contributed by atoms with Crippen LogP contribution in [-0.2, 0) is 11.0 Å². The second-order valence-corrected chi connectivity index (χ2v) is 9.37. The van der Waals surface area contributed by atoms with E-state index in [1.807, 2.05) is 32.9 Å². The van der Waals surface area contributed by atoms with Crippen LogP contribution in [0.1, 0.15) is 64.6 Å². The molecule has 2 N–H and O–H groups in total. The first kappa shape index (κ1) is 17.9. The maximum absolute atomic E-state index is 12.5. The van der Waals surface area contributed by atoms with Crippen molar-refractivity contribution in [1.82, 2.24) is 9.71 Å². The maximum Gasteiger partial charge on any atom is 0.129 e. The highest BCUT2D eigenvalue weighted by atomic mass is 35.5. The molecule has 1 aromatic rings. The fourth-order valence-corrected chi connectivity index (χ4v) is 3.84. The van der Waals surface area contributed by atoms with Crippen LogP contribution in [0, 0.1) is 0 Å². The van der Waals surface area contributed by atoms with Crippen LogP contribution in [0.4, 0.5) is 0 Å². The van der Waals surface area contributed by atoms with Gasteiger partial charge in [0.15, 0.2) is 0 Å². The zero-order chi connectivity index (χ0) is 16.4. The number of rotatable bonds is 4. The Bertz CT molecular complexity index is 539. The average molecular weight is 345 g/mol. The number of pyridine rings is 1. The van der Waals surface area contributed by atoms with Gasteiger partial charge in [-0.2, -0.15) is 0 Å². The third kappa shape index (κ3) is 4.28. The summed E-state index contributed by atoms with van der Waals surface area (Å²) in [5, 5.41) is 11.5. The smallest absolute Gasteiger partial charge is 0.129 e. The van der Waals surface area contributed by atoms with Gasteiger partial charge in [0.1, 0.15) is 5.15 Å². The fraction of sp³-hybridized carbons (Fsp3) is 0.688. The second-order valence-electron chi connectivity index (χ2n) is 6.98. The van der Waals surface area contributed by atoms with E-state index in [-0.39, 0.29) is 0 Å². The molecule has 4 nitrogen and oxygen atoms in total. The summed E-state index contributed by atoms with van der Waals surface area (Å²) in [4.78, 5) is 4.34. The van der Waals surface area contributed by atoms with Crippen LogP contribution in [0.5, 0.6) is 0 Å². The van der Waals surface area contributed by atoms with E-state index in [4.69, 9.17) is 11.6 Å². The molecule has 0 bridgehead atoms. The molecule has 124 valence electrons. The van der Waals surface area contributed by atoms with Gasteiger partial charge in [0.05, 0.1) is 33.1 Å². The van der Waals surface area contributed by atoms with Crippen molar-refractivity contribution in [2.75, 3.05) is 0 Å². The average Bonchev–Trinajstić information content (AvgIpc) is 2.44. The lowest BCUT2D eigenvalue weighted by Crippen LogP contribution is -2.49. The molecule has 0 aromatic carbocycles. The van der Waals surface area contributed by atoms with Gasteiger partial charge in [-0.05, 0) is 45.7 Å². The van der Waals surface area contributed by atoms with E-state index >= 15 is 0 Å². The van der Waals surface area contributed by atoms with Gasteiger partial charge in [-0.15, -0.1) is 0 Å². The van der Waals surface area contributed by atoms with Gasteiger partial charge in [-0.3, -0.25) is 0 Å². The van der Waals surface area contributed by atoms with Gasteiger partial charge in [0, 0.05) is 0 Å². The Kier molecular flexibility index (Phi) is 5.64. The summed E-state index contributed by atoms with van der Waals surface area (Å²) in [7, 11) is -1.30. The van der Waals surface area contributed by atoms with Gasteiger partial charge in [-0.1, -0.05) is 36.9 Å². The molecular weight excluding hydrogens is 320 g/mol. The van der Waals surface area contributed by atoms with E-state index in [0.29, 0.717) is 23.7 Å². The molecule has 1 aliphatic carbocycles. The van der Waals surface area contributed by atoms with Crippen molar-refractivity contribution in [1.29, 1.82) is 0 Å². The molecule has 0 amide bonds. The van der Waals surface area contributed by atoms with E-state index in [1.54, 1.807) is 6.07 Å². The lowest BCUT2D eigenvalue weighted by Gasteiger charge is -2.40. The molecule has 1 heterocycles. The molecule has 1 fully saturated rings. The van der Waals surface area contributed by atoms with E-state index in [2.05, 4.69) is 9.71 Å². The molecule has 2 atom stereocenters. The Balaban J connectivity index is 2.34. The number of nitrogens with one attached hydrogen (secondary N) is 1. The number of aromatic nitrogens is 1. The second kappa shape index (κ2) is 6.95. The standard InChI is InChI=1S/C16H25ClN2O2S/c1-15(2,3)22(21)19-14(12-8-7-9-13(17)18-12)16(20)10-5-4-6-11-16/h7-9,14,19-20H,4-6,10-11H2,1-3H3/t14-,22?/m0/s1. The van der Waals surface area contributed by atoms with Gasteiger partial charge in [0.25, 0.3) is 0 Å². The van der Waals surface area contributed by atoms with Crippen molar-refractivity contribution in [3.8, 4) is 0 Å². The van der Waals surface area contributed by atoms with Crippen molar-refractivity contribution < 1.29 is 9.32 Å². The molecular formula is C16H25ClN2O2S. The third-order valence-corrected chi connectivity index (χ3v) is 5.84. The Morgan fingerprint density at radius 1 is 1.32 bits per heavy atom. The number of nitrogens with zero attached hydrogens (tertiary/aromatic N) is 1. The lowest BCUT2D eigenvalue weighted by atomic mass is 9.78.